The minimum atomic E-state index is -0.130. The van der Waals surface area contributed by atoms with Crippen LogP contribution in [0.3, 0.4) is 0 Å². The molecule has 0 aromatic heterocycles. The van der Waals surface area contributed by atoms with Crippen LogP contribution in [0.2, 0.25) is 0 Å². The molecule has 0 spiro atoms. The smallest absolute Gasteiger partial charge is 0.308 e. The lowest BCUT2D eigenvalue weighted by atomic mass is 9.92. The maximum Gasteiger partial charge on any atom is 0.308 e. The third-order valence-corrected chi connectivity index (χ3v) is 2.93. The van der Waals surface area contributed by atoms with Crippen LogP contribution in [0.1, 0.15) is 25.8 Å². The number of hydrogen-bond donors (Lipinski definition) is 0. The predicted octanol–water partition coefficient (Wildman–Crippen LogP) is 3.62. The van der Waals surface area contributed by atoms with E-state index in [9.17, 15) is 4.79 Å². The zero-order valence-electron chi connectivity index (χ0n) is 11.3. The SMILES string of the molecule is C=CCOC(=O)[C@@H](C)C[C@@H](C)Cc1ccccc1. The number of carbonyl (C=O) groups is 1. The van der Waals surface area contributed by atoms with Crippen molar-refractivity contribution in [3.8, 4) is 0 Å². The molecule has 0 N–H and O–H groups in total. The average Bonchev–Trinajstić information content (AvgIpc) is 2.36. The summed E-state index contributed by atoms with van der Waals surface area (Å²) in [7, 11) is 0. The van der Waals surface area contributed by atoms with Gasteiger partial charge in [-0.15, -0.1) is 0 Å². The van der Waals surface area contributed by atoms with Crippen molar-refractivity contribution in [2.45, 2.75) is 26.7 Å². The van der Waals surface area contributed by atoms with E-state index >= 15 is 0 Å². The van der Waals surface area contributed by atoms with Gasteiger partial charge in [-0.3, -0.25) is 4.79 Å². The van der Waals surface area contributed by atoms with Gasteiger partial charge in [0.2, 0.25) is 0 Å². The van der Waals surface area contributed by atoms with Gasteiger partial charge < -0.3 is 4.74 Å². The lowest BCUT2D eigenvalue weighted by molar-refractivity contribution is -0.147. The zero-order valence-corrected chi connectivity index (χ0v) is 11.3. The van der Waals surface area contributed by atoms with Gasteiger partial charge in [-0.1, -0.05) is 56.8 Å². The van der Waals surface area contributed by atoms with Crippen LogP contribution in [-0.2, 0) is 16.0 Å². The summed E-state index contributed by atoms with van der Waals surface area (Å²) in [5.74, 6) is 0.289. The van der Waals surface area contributed by atoms with Gasteiger partial charge >= 0.3 is 5.97 Å². The third-order valence-electron chi connectivity index (χ3n) is 2.93. The van der Waals surface area contributed by atoms with Crippen molar-refractivity contribution in [1.82, 2.24) is 0 Å². The van der Waals surface area contributed by atoms with Gasteiger partial charge in [0.05, 0.1) is 5.92 Å². The summed E-state index contributed by atoms with van der Waals surface area (Å²) in [6, 6.07) is 10.4. The lowest BCUT2D eigenvalue weighted by Crippen LogP contribution is -2.18. The molecule has 2 atom stereocenters. The van der Waals surface area contributed by atoms with E-state index in [0.29, 0.717) is 12.5 Å². The molecule has 1 rings (SSSR count). The van der Waals surface area contributed by atoms with E-state index in [0.717, 1.165) is 12.8 Å². The fourth-order valence-electron chi connectivity index (χ4n) is 2.08. The van der Waals surface area contributed by atoms with E-state index in [1.165, 1.54) is 5.56 Å². The summed E-state index contributed by atoms with van der Waals surface area (Å²) in [6.45, 7) is 7.93. The van der Waals surface area contributed by atoms with Crippen molar-refractivity contribution in [3.05, 3.63) is 48.6 Å². The van der Waals surface area contributed by atoms with Crippen molar-refractivity contribution in [2.75, 3.05) is 6.61 Å². The Labute approximate surface area is 110 Å². The van der Waals surface area contributed by atoms with Crippen LogP contribution in [-0.4, -0.2) is 12.6 Å². The van der Waals surface area contributed by atoms with E-state index < -0.39 is 0 Å². The number of hydrogen-bond acceptors (Lipinski definition) is 2. The van der Waals surface area contributed by atoms with Crippen molar-refractivity contribution < 1.29 is 9.53 Å². The summed E-state index contributed by atoms with van der Waals surface area (Å²) in [4.78, 5) is 11.6. The molecule has 0 aliphatic rings. The Morgan fingerprint density at radius 2 is 2.00 bits per heavy atom. The Bertz CT molecular complexity index is 370. The summed E-state index contributed by atoms with van der Waals surface area (Å²) >= 11 is 0. The molecule has 0 aliphatic carbocycles. The van der Waals surface area contributed by atoms with Crippen LogP contribution in [0, 0.1) is 11.8 Å². The first-order valence-electron chi connectivity index (χ1n) is 6.45. The van der Waals surface area contributed by atoms with E-state index in [4.69, 9.17) is 4.74 Å². The Kier molecular flexibility index (Phi) is 6.20. The summed E-state index contributed by atoms with van der Waals surface area (Å²) in [5.41, 5.74) is 1.32. The minimum Gasteiger partial charge on any atom is -0.461 e. The van der Waals surface area contributed by atoms with Crippen molar-refractivity contribution in [3.63, 3.8) is 0 Å². The molecule has 98 valence electrons. The number of carbonyl (C=O) groups excluding carboxylic acids is 1. The summed E-state index contributed by atoms with van der Waals surface area (Å²) in [6.07, 6.45) is 3.45. The molecule has 0 fully saturated rings. The van der Waals surface area contributed by atoms with Crippen LogP contribution < -0.4 is 0 Å². The highest BCUT2D eigenvalue weighted by Gasteiger charge is 2.17. The number of benzene rings is 1. The van der Waals surface area contributed by atoms with Gasteiger partial charge in [-0.05, 0) is 24.3 Å². The van der Waals surface area contributed by atoms with Crippen molar-refractivity contribution >= 4 is 5.97 Å². The fraction of sp³-hybridized carbons (Fsp3) is 0.438. The highest BCUT2D eigenvalue weighted by molar-refractivity contribution is 5.72. The number of esters is 1. The van der Waals surface area contributed by atoms with Crippen molar-refractivity contribution in [1.29, 1.82) is 0 Å². The Hall–Kier alpha value is -1.57. The van der Waals surface area contributed by atoms with E-state index in [1.54, 1.807) is 6.08 Å². The molecule has 0 saturated carbocycles. The topological polar surface area (TPSA) is 26.3 Å². The average molecular weight is 246 g/mol. The van der Waals surface area contributed by atoms with Gasteiger partial charge in [-0.2, -0.15) is 0 Å². The second kappa shape index (κ2) is 7.70. The molecule has 0 radical (unpaired) electrons. The molecule has 0 unspecified atom stereocenters. The van der Waals surface area contributed by atoms with Gasteiger partial charge in [0.15, 0.2) is 0 Å². The summed E-state index contributed by atoms with van der Waals surface area (Å²) in [5, 5.41) is 0. The van der Waals surface area contributed by atoms with Gasteiger partial charge in [-0.25, -0.2) is 0 Å². The predicted molar refractivity (Wildman–Crippen MR) is 74.2 cm³/mol. The monoisotopic (exact) mass is 246 g/mol. The zero-order chi connectivity index (χ0) is 13.4. The molecular formula is C16H22O2. The second-order valence-electron chi connectivity index (χ2n) is 4.85. The van der Waals surface area contributed by atoms with Gasteiger partial charge in [0.25, 0.3) is 0 Å². The quantitative estimate of drug-likeness (QED) is 0.542. The fourth-order valence-corrected chi connectivity index (χ4v) is 2.08. The number of ether oxygens (including phenoxy) is 1. The molecule has 18 heavy (non-hydrogen) atoms. The van der Waals surface area contributed by atoms with Gasteiger partial charge in [0, 0.05) is 0 Å². The number of rotatable bonds is 7. The first-order chi connectivity index (χ1) is 8.63. The van der Waals surface area contributed by atoms with Crippen LogP contribution >= 0.6 is 0 Å². The molecule has 0 bridgehead atoms. The standard InChI is InChI=1S/C16H22O2/c1-4-10-18-16(17)14(3)11-13(2)12-15-8-6-5-7-9-15/h4-9,13-14H,1,10-12H2,2-3H3/t13-,14+/m1/s1. The second-order valence-corrected chi connectivity index (χ2v) is 4.85. The molecule has 1 aromatic carbocycles. The van der Waals surface area contributed by atoms with E-state index in [1.807, 2.05) is 25.1 Å². The van der Waals surface area contributed by atoms with Crippen LogP contribution in [0.5, 0.6) is 0 Å². The first-order valence-corrected chi connectivity index (χ1v) is 6.45. The van der Waals surface area contributed by atoms with E-state index in [-0.39, 0.29) is 11.9 Å². The Balaban J connectivity index is 2.37. The molecule has 0 aliphatic heterocycles. The van der Waals surface area contributed by atoms with Crippen LogP contribution in [0.4, 0.5) is 0 Å². The van der Waals surface area contributed by atoms with Gasteiger partial charge in [0.1, 0.15) is 6.61 Å². The Morgan fingerprint density at radius 3 is 2.61 bits per heavy atom. The molecule has 2 nitrogen and oxygen atoms in total. The third kappa shape index (κ3) is 5.17. The van der Waals surface area contributed by atoms with E-state index in [2.05, 4.69) is 25.6 Å². The summed E-state index contributed by atoms with van der Waals surface area (Å²) < 4.78 is 5.05. The molecule has 1 aromatic rings. The Morgan fingerprint density at radius 1 is 1.33 bits per heavy atom. The molecule has 0 saturated heterocycles. The maximum absolute atomic E-state index is 11.6. The highest BCUT2D eigenvalue weighted by atomic mass is 16.5. The first kappa shape index (κ1) is 14.5. The van der Waals surface area contributed by atoms with Crippen LogP contribution in [0.15, 0.2) is 43.0 Å². The minimum absolute atomic E-state index is 0.0522. The van der Waals surface area contributed by atoms with Crippen LogP contribution in [0.25, 0.3) is 0 Å². The van der Waals surface area contributed by atoms with Crippen molar-refractivity contribution in [2.24, 2.45) is 11.8 Å². The molecular weight excluding hydrogens is 224 g/mol. The highest BCUT2D eigenvalue weighted by Crippen LogP contribution is 2.18. The molecule has 0 amide bonds. The normalized spacial score (nSPS) is 13.7. The molecule has 2 heteroatoms. The maximum atomic E-state index is 11.6. The molecule has 0 heterocycles. The lowest BCUT2D eigenvalue weighted by Gasteiger charge is -2.16. The largest absolute Gasteiger partial charge is 0.461 e.